The van der Waals surface area contributed by atoms with E-state index in [1.807, 2.05) is 22.8 Å². The zero-order valence-corrected chi connectivity index (χ0v) is 24.1. The Labute approximate surface area is 242 Å². The summed E-state index contributed by atoms with van der Waals surface area (Å²) in [5.41, 5.74) is 4.62. The molecule has 0 saturated carbocycles. The van der Waals surface area contributed by atoms with Crippen LogP contribution in [-0.4, -0.2) is 56.8 Å². The number of hydrogen-bond donors (Lipinski definition) is 1. The molecule has 6 rings (SSSR count). The van der Waals surface area contributed by atoms with Gasteiger partial charge in [0.05, 0.1) is 17.1 Å². The highest BCUT2D eigenvalue weighted by molar-refractivity contribution is 7.80. The van der Waals surface area contributed by atoms with Crippen LogP contribution in [0.5, 0.6) is 0 Å². The van der Waals surface area contributed by atoms with Gasteiger partial charge in [0.15, 0.2) is 5.11 Å². The summed E-state index contributed by atoms with van der Waals surface area (Å²) in [6.07, 6.45) is 5.29. The summed E-state index contributed by atoms with van der Waals surface area (Å²) in [5, 5.41) is 4.42. The van der Waals surface area contributed by atoms with E-state index in [1.165, 1.54) is 24.0 Å². The topological polar surface area (TPSA) is 45.4 Å². The molecule has 3 heterocycles. The fraction of sp³-hybridized carbons (Fsp3) is 0.394. The van der Waals surface area contributed by atoms with Crippen LogP contribution >= 0.6 is 12.2 Å². The number of imidazole rings is 1. The van der Waals surface area contributed by atoms with Gasteiger partial charge in [-0.25, -0.2) is 4.79 Å². The first kappa shape index (κ1) is 26.8. The van der Waals surface area contributed by atoms with Crippen LogP contribution in [0.4, 0.5) is 0 Å². The Balaban J connectivity index is 1.16. The highest BCUT2D eigenvalue weighted by atomic mass is 32.1. The third-order valence-electron chi connectivity index (χ3n) is 8.88. The van der Waals surface area contributed by atoms with Gasteiger partial charge in [0.1, 0.15) is 0 Å². The predicted octanol–water partition coefficient (Wildman–Crippen LogP) is 5.59. The van der Waals surface area contributed by atoms with Crippen LogP contribution in [0.25, 0.3) is 11.0 Å². The first-order valence-electron chi connectivity index (χ1n) is 14.7. The van der Waals surface area contributed by atoms with Crippen LogP contribution < -0.4 is 11.0 Å². The van der Waals surface area contributed by atoms with E-state index in [4.69, 9.17) is 12.2 Å². The fourth-order valence-electron chi connectivity index (χ4n) is 6.62. The minimum Gasteiger partial charge on any atom is -0.352 e. The van der Waals surface area contributed by atoms with Crippen molar-refractivity contribution in [3.63, 3.8) is 0 Å². The van der Waals surface area contributed by atoms with Crippen molar-refractivity contribution in [1.82, 2.24) is 24.3 Å². The Bertz CT molecular complexity index is 1450. The molecule has 2 aliphatic heterocycles. The zero-order chi connectivity index (χ0) is 27.5. The summed E-state index contributed by atoms with van der Waals surface area (Å²) in [5.74, 6) is 0. The van der Waals surface area contributed by atoms with Crippen LogP contribution in [0.15, 0.2) is 89.7 Å². The van der Waals surface area contributed by atoms with E-state index in [0.29, 0.717) is 6.04 Å². The van der Waals surface area contributed by atoms with Crippen molar-refractivity contribution in [1.29, 1.82) is 0 Å². The highest BCUT2D eigenvalue weighted by Crippen LogP contribution is 2.28. The number of aryl methyl sites for hydroxylation is 1. The molecule has 1 atom stereocenters. The SMILES string of the molecule is CN1CCCC1CCn1c(=O)n(C2CCN(C(=S)NC(c3ccccc3)c3ccccc3)CC2)c2ccccc21. The molecule has 7 heteroatoms. The number of likely N-dealkylation sites (tertiary alicyclic amines) is 2. The highest BCUT2D eigenvalue weighted by Gasteiger charge is 2.28. The second-order valence-corrected chi connectivity index (χ2v) is 11.7. The molecule has 6 nitrogen and oxygen atoms in total. The number of nitrogens with one attached hydrogen (secondary N) is 1. The molecule has 1 N–H and O–H groups in total. The van der Waals surface area contributed by atoms with Gasteiger partial charge in [0.25, 0.3) is 0 Å². The van der Waals surface area contributed by atoms with Crippen molar-refractivity contribution in [2.45, 2.75) is 56.8 Å². The largest absolute Gasteiger partial charge is 0.352 e. The first-order chi connectivity index (χ1) is 19.6. The summed E-state index contributed by atoms with van der Waals surface area (Å²) in [7, 11) is 2.21. The van der Waals surface area contributed by atoms with Crippen LogP contribution in [-0.2, 0) is 6.54 Å². The van der Waals surface area contributed by atoms with E-state index in [1.54, 1.807) is 0 Å². The van der Waals surface area contributed by atoms with E-state index in [9.17, 15) is 4.79 Å². The van der Waals surface area contributed by atoms with Crippen molar-refractivity contribution in [2.75, 3.05) is 26.7 Å². The van der Waals surface area contributed by atoms with Gasteiger partial charge in [-0.2, -0.15) is 0 Å². The van der Waals surface area contributed by atoms with Gasteiger partial charge in [-0.15, -0.1) is 0 Å². The molecule has 1 aromatic heterocycles. The molecule has 208 valence electrons. The molecule has 40 heavy (non-hydrogen) atoms. The normalized spacial score (nSPS) is 18.6. The summed E-state index contributed by atoms with van der Waals surface area (Å²) in [6, 6.07) is 30.0. The van der Waals surface area contributed by atoms with Crippen LogP contribution in [0.1, 0.15) is 55.3 Å². The molecule has 0 spiro atoms. The number of fused-ring (bicyclic) bond motifs is 1. The third-order valence-corrected chi connectivity index (χ3v) is 9.25. The lowest BCUT2D eigenvalue weighted by Gasteiger charge is -2.35. The minimum absolute atomic E-state index is 0.00729. The second-order valence-electron chi connectivity index (χ2n) is 11.3. The lowest BCUT2D eigenvalue weighted by molar-refractivity contribution is 0.260. The molecule has 2 fully saturated rings. The predicted molar refractivity (Wildman–Crippen MR) is 167 cm³/mol. The van der Waals surface area contributed by atoms with E-state index in [0.717, 1.165) is 61.6 Å². The lowest BCUT2D eigenvalue weighted by Crippen LogP contribution is -2.46. The quantitative estimate of drug-likeness (QED) is 0.303. The molecular weight excluding hydrogens is 514 g/mol. The summed E-state index contributed by atoms with van der Waals surface area (Å²) >= 11 is 5.95. The summed E-state index contributed by atoms with van der Waals surface area (Å²) in [6.45, 7) is 3.58. The zero-order valence-electron chi connectivity index (χ0n) is 23.3. The molecular formula is C33H39N5OS. The van der Waals surface area contributed by atoms with E-state index < -0.39 is 0 Å². The lowest BCUT2D eigenvalue weighted by atomic mass is 9.99. The molecule has 0 radical (unpaired) electrons. The molecule has 0 amide bonds. The van der Waals surface area contributed by atoms with Gasteiger partial charge in [-0.1, -0.05) is 72.8 Å². The maximum Gasteiger partial charge on any atom is 0.329 e. The Morgan fingerprint density at radius 3 is 2.05 bits per heavy atom. The van der Waals surface area contributed by atoms with Gasteiger partial charge in [0.2, 0.25) is 0 Å². The molecule has 0 bridgehead atoms. The number of benzene rings is 3. The Morgan fingerprint density at radius 2 is 1.45 bits per heavy atom. The first-order valence-corrected chi connectivity index (χ1v) is 15.1. The number of thiocarbonyl (C=S) groups is 1. The second kappa shape index (κ2) is 12.0. The fourth-order valence-corrected chi connectivity index (χ4v) is 6.92. The maximum atomic E-state index is 13.8. The van der Waals surface area contributed by atoms with E-state index in [2.05, 4.69) is 93.5 Å². The van der Waals surface area contributed by atoms with E-state index in [-0.39, 0.29) is 17.8 Å². The van der Waals surface area contributed by atoms with Gasteiger partial charge in [-0.3, -0.25) is 9.13 Å². The third kappa shape index (κ3) is 5.45. The maximum absolute atomic E-state index is 13.8. The number of aromatic nitrogens is 2. The smallest absolute Gasteiger partial charge is 0.329 e. The average Bonchev–Trinajstić information content (AvgIpc) is 3.54. The molecule has 0 aliphatic carbocycles. The molecule has 2 aliphatic rings. The molecule has 4 aromatic rings. The molecule has 3 aromatic carbocycles. The minimum atomic E-state index is -0.00729. The van der Waals surface area contributed by atoms with Crippen LogP contribution in [0.2, 0.25) is 0 Å². The monoisotopic (exact) mass is 553 g/mol. The van der Waals surface area contributed by atoms with Crippen molar-refractivity contribution >= 4 is 28.4 Å². The van der Waals surface area contributed by atoms with Crippen molar-refractivity contribution in [2.24, 2.45) is 0 Å². The van der Waals surface area contributed by atoms with Crippen LogP contribution in [0, 0.1) is 0 Å². The van der Waals surface area contributed by atoms with E-state index >= 15 is 0 Å². The number of rotatable bonds is 7. The summed E-state index contributed by atoms with van der Waals surface area (Å²) < 4.78 is 4.09. The Hall–Kier alpha value is -3.42. The number of hydrogen-bond acceptors (Lipinski definition) is 3. The molecule has 2 saturated heterocycles. The summed E-state index contributed by atoms with van der Waals surface area (Å²) in [4.78, 5) is 18.5. The average molecular weight is 554 g/mol. The number of piperidine rings is 1. The van der Waals surface area contributed by atoms with Crippen molar-refractivity contribution in [3.05, 3.63) is 107 Å². The van der Waals surface area contributed by atoms with Gasteiger partial charge in [-0.05, 0) is 81.2 Å². The molecule has 1 unspecified atom stereocenters. The van der Waals surface area contributed by atoms with Crippen LogP contribution in [0.3, 0.4) is 0 Å². The Kier molecular flexibility index (Phi) is 8.03. The van der Waals surface area contributed by atoms with Crippen molar-refractivity contribution in [3.8, 4) is 0 Å². The standard InChI is InChI=1S/C33H39N5OS/c1-35-21-10-15-27(35)20-24-37-29-16-8-9-17-30(29)38(33(37)39)28-18-22-36(23-19-28)32(40)34-31(25-11-4-2-5-12-25)26-13-6-3-7-14-26/h2-9,11-14,16-17,27-28,31H,10,15,18-24H2,1H3,(H,34,40). The van der Waals surface area contributed by atoms with Gasteiger partial charge < -0.3 is 15.1 Å². The van der Waals surface area contributed by atoms with Gasteiger partial charge in [0, 0.05) is 31.7 Å². The van der Waals surface area contributed by atoms with Gasteiger partial charge >= 0.3 is 5.69 Å². The number of para-hydroxylation sites is 2. The number of nitrogens with zero attached hydrogens (tertiary/aromatic N) is 4. The Morgan fingerprint density at radius 1 is 0.850 bits per heavy atom. The van der Waals surface area contributed by atoms with Crippen molar-refractivity contribution < 1.29 is 0 Å².